The predicted octanol–water partition coefficient (Wildman–Crippen LogP) is 2.06. The predicted molar refractivity (Wildman–Crippen MR) is 88.6 cm³/mol. The van der Waals surface area contributed by atoms with E-state index in [1.54, 1.807) is 14.2 Å². The summed E-state index contributed by atoms with van der Waals surface area (Å²) >= 11 is 0. The summed E-state index contributed by atoms with van der Waals surface area (Å²) in [5, 5.41) is 6.31. The van der Waals surface area contributed by atoms with Gasteiger partial charge in [-0.05, 0) is 38.9 Å². The highest BCUT2D eigenvalue weighted by Gasteiger charge is 2.40. The molecule has 1 heterocycles. The summed E-state index contributed by atoms with van der Waals surface area (Å²) in [5.74, 6) is 0.729. The molecule has 0 aromatic heterocycles. The maximum absolute atomic E-state index is 12.6. The lowest BCUT2D eigenvalue weighted by molar-refractivity contribution is -0.147. The van der Waals surface area contributed by atoms with Crippen molar-refractivity contribution in [1.82, 2.24) is 10.6 Å². The quantitative estimate of drug-likeness (QED) is 0.868. The van der Waals surface area contributed by atoms with E-state index in [4.69, 9.17) is 9.47 Å². The zero-order chi connectivity index (χ0) is 15.3. The molecule has 0 saturated carbocycles. The molecule has 2 rings (SSSR count). The normalized spacial score (nSPS) is 18.0. The van der Waals surface area contributed by atoms with E-state index in [0.29, 0.717) is 12.8 Å². The molecule has 6 heteroatoms. The van der Waals surface area contributed by atoms with Crippen molar-refractivity contribution in [2.45, 2.75) is 31.4 Å². The van der Waals surface area contributed by atoms with E-state index in [1.807, 2.05) is 31.2 Å². The molecule has 0 bridgehead atoms. The fourth-order valence-electron chi connectivity index (χ4n) is 2.78. The third kappa shape index (κ3) is 3.91. The van der Waals surface area contributed by atoms with Crippen LogP contribution in [-0.4, -0.2) is 38.8 Å². The number of hydrogen-bond donors (Lipinski definition) is 2. The number of para-hydroxylation sites is 1. The average molecular weight is 329 g/mol. The number of rotatable bonds is 5. The molecular formula is C16H25ClN2O3. The number of carbonyl (C=O) groups is 1. The van der Waals surface area contributed by atoms with E-state index in [2.05, 4.69) is 10.6 Å². The Morgan fingerprint density at radius 2 is 1.91 bits per heavy atom. The fourth-order valence-corrected chi connectivity index (χ4v) is 2.78. The Balaban J connectivity index is 0.00000242. The summed E-state index contributed by atoms with van der Waals surface area (Å²) in [5.41, 5.74) is 0.246. The second-order valence-electron chi connectivity index (χ2n) is 5.39. The molecule has 5 nitrogen and oxygen atoms in total. The highest BCUT2D eigenvalue weighted by atomic mass is 35.5. The molecule has 124 valence electrons. The molecular weight excluding hydrogens is 304 g/mol. The van der Waals surface area contributed by atoms with E-state index < -0.39 is 5.60 Å². The van der Waals surface area contributed by atoms with Crippen molar-refractivity contribution in [2.75, 3.05) is 27.3 Å². The lowest BCUT2D eigenvalue weighted by Crippen LogP contribution is -2.54. The van der Waals surface area contributed by atoms with Gasteiger partial charge >= 0.3 is 0 Å². The Morgan fingerprint density at radius 3 is 2.50 bits per heavy atom. The third-order valence-electron chi connectivity index (χ3n) is 4.17. The van der Waals surface area contributed by atoms with Crippen molar-refractivity contribution in [3.05, 3.63) is 29.8 Å². The van der Waals surface area contributed by atoms with E-state index in [1.165, 1.54) is 0 Å². The van der Waals surface area contributed by atoms with Gasteiger partial charge in [-0.15, -0.1) is 12.4 Å². The number of nitrogens with one attached hydrogen (secondary N) is 2. The smallest absolute Gasteiger partial charge is 0.252 e. The molecule has 1 aliphatic rings. The van der Waals surface area contributed by atoms with Gasteiger partial charge in [0.15, 0.2) is 0 Å². The Kier molecular flexibility index (Phi) is 7.13. The minimum absolute atomic E-state index is 0. The van der Waals surface area contributed by atoms with Crippen LogP contribution in [0.15, 0.2) is 24.3 Å². The molecule has 1 unspecified atom stereocenters. The largest absolute Gasteiger partial charge is 0.496 e. The van der Waals surface area contributed by atoms with Crippen LogP contribution >= 0.6 is 12.4 Å². The minimum atomic E-state index is -0.721. The molecule has 1 saturated heterocycles. The van der Waals surface area contributed by atoms with Crippen molar-refractivity contribution >= 4 is 18.3 Å². The standard InChI is InChI=1S/C16H24N2O3.ClH/c1-12(13-6-4-5-7-14(13)20-2)18-15(19)16(21-3)8-10-17-11-9-16;/h4-7,12,17H,8-11H2,1-3H3,(H,18,19);1H. The minimum Gasteiger partial charge on any atom is -0.496 e. The first-order valence-electron chi connectivity index (χ1n) is 7.33. The first-order valence-corrected chi connectivity index (χ1v) is 7.33. The maximum atomic E-state index is 12.6. The Labute approximate surface area is 138 Å². The van der Waals surface area contributed by atoms with Crippen molar-refractivity contribution in [3.63, 3.8) is 0 Å². The van der Waals surface area contributed by atoms with Crippen LogP contribution in [0.2, 0.25) is 0 Å². The Hall–Kier alpha value is -1.30. The van der Waals surface area contributed by atoms with Crippen molar-refractivity contribution < 1.29 is 14.3 Å². The van der Waals surface area contributed by atoms with Crippen LogP contribution in [0, 0.1) is 0 Å². The first-order chi connectivity index (χ1) is 10.1. The van der Waals surface area contributed by atoms with Gasteiger partial charge in [-0.1, -0.05) is 18.2 Å². The molecule has 22 heavy (non-hydrogen) atoms. The highest BCUT2D eigenvalue weighted by molar-refractivity contribution is 5.86. The third-order valence-corrected chi connectivity index (χ3v) is 4.17. The van der Waals surface area contributed by atoms with Gasteiger partial charge in [0.1, 0.15) is 11.4 Å². The lowest BCUT2D eigenvalue weighted by atomic mass is 9.90. The van der Waals surface area contributed by atoms with Crippen LogP contribution in [0.25, 0.3) is 0 Å². The van der Waals surface area contributed by atoms with E-state index >= 15 is 0 Å². The van der Waals surface area contributed by atoms with Crippen LogP contribution < -0.4 is 15.4 Å². The number of benzene rings is 1. The molecule has 1 aliphatic heterocycles. The molecule has 2 N–H and O–H groups in total. The monoisotopic (exact) mass is 328 g/mol. The van der Waals surface area contributed by atoms with Gasteiger partial charge in [0.05, 0.1) is 13.2 Å². The van der Waals surface area contributed by atoms with E-state index in [0.717, 1.165) is 24.4 Å². The molecule has 1 aromatic rings. The fraction of sp³-hybridized carbons (Fsp3) is 0.562. The molecule has 0 aliphatic carbocycles. The summed E-state index contributed by atoms with van der Waals surface area (Å²) in [4.78, 5) is 12.6. The zero-order valence-electron chi connectivity index (χ0n) is 13.3. The topological polar surface area (TPSA) is 59.6 Å². The van der Waals surface area contributed by atoms with Crippen molar-refractivity contribution in [2.24, 2.45) is 0 Å². The summed E-state index contributed by atoms with van der Waals surface area (Å²) in [6.07, 6.45) is 1.38. The Bertz CT molecular complexity index is 490. The van der Waals surface area contributed by atoms with Gasteiger partial charge in [0.2, 0.25) is 0 Å². The molecule has 1 atom stereocenters. The zero-order valence-corrected chi connectivity index (χ0v) is 14.2. The molecule has 0 spiro atoms. The lowest BCUT2D eigenvalue weighted by Gasteiger charge is -2.35. The van der Waals surface area contributed by atoms with Gasteiger partial charge < -0.3 is 20.1 Å². The number of piperidine rings is 1. The Morgan fingerprint density at radius 1 is 1.27 bits per heavy atom. The number of amides is 1. The molecule has 1 aromatic carbocycles. The second-order valence-corrected chi connectivity index (χ2v) is 5.39. The average Bonchev–Trinajstić information content (AvgIpc) is 2.55. The molecule has 1 amide bonds. The molecule has 1 fully saturated rings. The highest BCUT2D eigenvalue weighted by Crippen LogP contribution is 2.27. The van der Waals surface area contributed by atoms with Gasteiger partial charge in [-0.25, -0.2) is 0 Å². The SMILES string of the molecule is COc1ccccc1C(C)NC(=O)C1(OC)CCNCC1.Cl. The van der Waals surface area contributed by atoms with Gasteiger partial charge in [0, 0.05) is 12.7 Å². The van der Waals surface area contributed by atoms with Gasteiger partial charge in [-0.3, -0.25) is 4.79 Å². The van der Waals surface area contributed by atoms with E-state index in [-0.39, 0.29) is 24.4 Å². The summed E-state index contributed by atoms with van der Waals surface area (Å²) in [6, 6.07) is 7.59. The summed E-state index contributed by atoms with van der Waals surface area (Å²) in [6.45, 7) is 3.55. The van der Waals surface area contributed by atoms with Gasteiger partial charge in [-0.2, -0.15) is 0 Å². The van der Waals surface area contributed by atoms with E-state index in [9.17, 15) is 4.79 Å². The van der Waals surface area contributed by atoms with Crippen LogP contribution in [-0.2, 0) is 9.53 Å². The number of carbonyl (C=O) groups excluding carboxylic acids is 1. The van der Waals surface area contributed by atoms with Crippen LogP contribution in [0.4, 0.5) is 0 Å². The van der Waals surface area contributed by atoms with Crippen molar-refractivity contribution in [3.8, 4) is 5.75 Å². The van der Waals surface area contributed by atoms with Crippen LogP contribution in [0.5, 0.6) is 5.75 Å². The number of halogens is 1. The van der Waals surface area contributed by atoms with Gasteiger partial charge in [0.25, 0.3) is 5.91 Å². The number of methoxy groups -OCH3 is 2. The van der Waals surface area contributed by atoms with Crippen LogP contribution in [0.3, 0.4) is 0 Å². The summed E-state index contributed by atoms with van der Waals surface area (Å²) in [7, 11) is 3.25. The maximum Gasteiger partial charge on any atom is 0.252 e. The van der Waals surface area contributed by atoms with Crippen LogP contribution in [0.1, 0.15) is 31.4 Å². The second kappa shape index (κ2) is 8.36. The number of hydrogen-bond acceptors (Lipinski definition) is 4. The summed E-state index contributed by atoms with van der Waals surface area (Å²) < 4.78 is 10.9. The first kappa shape index (κ1) is 18.7. The van der Waals surface area contributed by atoms with Crippen molar-refractivity contribution in [1.29, 1.82) is 0 Å². The molecule has 0 radical (unpaired) electrons. The number of ether oxygens (including phenoxy) is 2.